The number of anilines is 1. The average Bonchev–Trinajstić information content (AvgIpc) is 2.63. The highest BCUT2D eigenvalue weighted by Crippen LogP contribution is 2.27. The Hall–Kier alpha value is -3.00. The zero-order valence-corrected chi connectivity index (χ0v) is 14.9. The Morgan fingerprint density at radius 1 is 1.12 bits per heavy atom. The summed E-state index contributed by atoms with van der Waals surface area (Å²) in [7, 11) is -2.52. The molecule has 0 spiro atoms. The number of benzene rings is 2. The van der Waals surface area contributed by atoms with E-state index >= 15 is 0 Å². The third kappa shape index (κ3) is 3.11. The van der Waals surface area contributed by atoms with Crippen LogP contribution in [0.2, 0.25) is 0 Å². The number of carbonyl (C=O) groups is 1. The number of amides is 1. The van der Waals surface area contributed by atoms with E-state index < -0.39 is 15.8 Å². The lowest BCUT2D eigenvalue weighted by Crippen LogP contribution is -2.20. The Bertz CT molecular complexity index is 1110. The second-order valence-corrected chi connectivity index (χ2v) is 7.26. The first-order chi connectivity index (χ1) is 12.3. The van der Waals surface area contributed by atoms with E-state index in [1.807, 2.05) is 0 Å². The minimum absolute atomic E-state index is 0.0220. The van der Waals surface area contributed by atoms with Gasteiger partial charge in [0, 0.05) is 24.2 Å². The number of carbonyl (C=O) groups excluding carboxylic acids is 1. The zero-order chi connectivity index (χ0) is 18.9. The Morgan fingerprint density at radius 3 is 2.62 bits per heavy atom. The molecule has 0 fully saturated rings. The highest BCUT2D eigenvalue weighted by molar-refractivity contribution is 7.93. The van der Waals surface area contributed by atoms with Crippen molar-refractivity contribution in [3.8, 4) is 0 Å². The zero-order valence-electron chi connectivity index (χ0n) is 14.1. The van der Waals surface area contributed by atoms with Gasteiger partial charge in [0.1, 0.15) is 11.3 Å². The molecule has 6 nitrogen and oxygen atoms in total. The van der Waals surface area contributed by atoms with Gasteiger partial charge >= 0.3 is 0 Å². The number of pyridine rings is 1. The van der Waals surface area contributed by atoms with Gasteiger partial charge < -0.3 is 5.32 Å². The highest BCUT2D eigenvalue weighted by atomic mass is 32.2. The molecular weight excluding hydrogens is 357 g/mol. The fourth-order valence-corrected chi connectivity index (χ4v) is 3.99. The van der Waals surface area contributed by atoms with E-state index in [2.05, 4.69) is 15.0 Å². The number of hydrogen-bond donors (Lipinski definition) is 2. The van der Waals surface area contributed by atoms with Crippen molar-refractivity contribution in [1.29, 1.82) is 0 Å². The van der Waals surface area contributed by atoms with Crippen molar-refractivity contribution >= 4 is 32.5 Å². The average molecular weight is 373 g/mol. The van der Waals surface area contributed by atoms with Crippen LogP contribution in [0, 0.1) is 12.7 Å². The number of aromatic nitrogens is 1. The second kappa shape index (κ2) is 6.72. The van der Waals surface area contributed by atoms with E-state index in [-0.39, 0.29) is 27.4 Å². The summed E-state index contributed by atoms with van der Waals surface area (Å²) in [6.07, 6.45) is 1.40. The fourth-order valence-electron chi connectivity index (χ4n) is 2.67. The van der Waals surface area contributed by atoms with Crippen LogP contribution in [0.25, 0.3) is 10.9 Å². The summed E-state index contributed by atoms with van der Waals surface area (Å²) in [5.41, 5.74) is 1.09. The van der Waals surface area contributed by atoms with Crippen LogP contribution in [0.5, 0.6) is 0 Å². The smallest absolute Gasteiger partial charge is 0.262 e. The maximum Gasteiger partial charge on any atom is 0.262 e. The molecule has 0 saturated carbocycles. The third-order valence-electron chi connectivity index (χ3n) is 4.02. The first-order valence-electron chi connectivity index (χ1n) is 7.73. The Balaban J connectivity index is 2.09. The van der Waals surface area contributed by atoms with Gasteiger partial charge in [-0.3, -0.25) is 14.5 Å². The number of sulfonamides is 1. The number of rotatable bonds is 4. The molecule has 1 heterocycles. The molecule has 1 amide bonds. The summed E-state index contributed by atoms with van der Waals surface area (Å²) in [5, 5.41) is 2.69. The fraction of sp³-hybridized carbons (Fsp3) is 0.111. The molecule has 0 saturated heterocycles. The molecule has 0 aliphatic rings. The number of hydrogen-bond acceptors (Lipinski definition) is 4. The standard InChI is InChI=1S/C18H16FN3O3S/c1-11-12(18(23)20-2)5-3-7-15(11)22-26(24,25)16-9-8-14(19)17-13(16)6-4-10-21-17/h3-10,22H,1-2H3,(H,20,23). The van der Waals surface area contributed by atoms with Crippen LogP contribution in [0.15, 0.2) is 53.6 Å². The second-order valence-electron chi connectivity index (χ2n) is 5.61. The van der Waals surface area contributed by atoms with E-state index in [1.165, 1.54) is 31.4 Å². The van der Waals surface area contributed by atoms with Crippen molar-refractivity contribution in [3.63, 3.8) is 0 Å². The molecule has 1 aromatic heterocycles. The molecule has 3 rings (SSSR count). The lowest BCUT2D eigenvalue weighted by Gasteiger charge is -2.14. The van der Waals surface area contributed by atoms with Gasteiger partial charge in [0.25, 0.3) is 15.9 Å². The van der Waals surface area contributed by atoms with Gasteiger partial charge in [-0.25, -0.2) is 12.8 Å². The molecule has 8 heteroatoms. The Kier molecular flexibility index (Phi) is 4.60. The molecule has 3 aromatic rings. The quantitative estimate of drug-likeness (QED) is 0.736. The third-order valence-corrected chi connectivity index (χ3v) is 5.44. The number of fused-ring (bicyclic) bond motifs is 1. The van der Waals surface area contributed by atoms with Gasteiger partial charge in [0.15, 0.2) is 0 Å². The van der Waals surface area contributed by atoms with Crippen molar-refractivity contribution < 1.29 is 17.6 Å². The molecule has 0 unspecified atom stereocenters. The highest BCUT2D eigenvalue weighted by Gasteiger charge is 2.21. The Morgan fingerprint density at radius 2 is 1.88 bits per heavy atom. The first-order valence-corrected chi connectivity index (χ1v) is 9.21. The number of halogens is 1. The van der Waals surface area contributed by atoms with E-state index in [0.717, 1.165) is 6.07 Å². The summed E-state index contributed by atoms with van der Waals surface area (Å²) in [6.45, 7) is 1.65. The van der Waals surface area contributed by atoms with E-state index in [1.54, 1.807) is 25.1 Å². The molecule has 0 atom stereocenters. The lowest BCUT2D eigenvalue weighted by molar-refractivity contribution is 0.0962. The summed E-state index contributed by atoms with van der Waals surface area (Å²) >= 11 is 0. The van der Waals surface area contributed by atoms with Crippen LogP contribution in [-0.4, -0.2) is 26.4 Å². The van der Waals surface area contributed by atoms with Gasteiger partial charge in [-0.15, -0.1) is 0 Å². The minimum atomic E-state index is -4.02. The molecule has 2 N–H and O–H groups in total. The van der Waals surface area contributed by atoms with Crippen molar-refractivity contribution in [1.82, 2.24) is 10.3 Å². The SMILES string of the molecule is CNC(=O)c1cccc(NS(=O)(=O)c2ccc(F)c3ncccc23)c1C. The van der Waals surface area contributed by atoms with Crippen LogP contribution in [0.4, 0.5) is 10.1 Å². The van der Waals surface area contributed by atoms with Crippen molar-refractivity contribution in [2.45, 2.75) is 11.8 Å². The van der Waals surface area contributed by atoms with Crippen LogP contribution in [0.1, 0.15) is 15.9 Å². The van der Waals surface area contributed by atoms with Gasteiger partial charge in [0.05, 0.1) is 10.6 Å². The van der Waals surface area contributed by atoms with Gasteiger partial charge in [-0.1, -0.05) is 6.07 Å². The van der Waals surface area contributed by atoms with Crippen molar-refractivity contribution in [2.75, 3.05) is 11.8 Å². The van der Waals surface area contributed by atoms with Gasteiger partial charge in [-0.05, 0) is 48.9 Å². The van der Waals surface area contributed by atoms with E-state index in [9.17, 15) is 17.6 Å². The molecule has 0 bridgehead atoms. The molecular formula is C18H16FN3O3S. The molecule has 0 aliphatic heterocycles. The molecule has 0 radical (unpaired) electrons. The van der Waals surface area contributed by atoms with Crippen molar-refractivity contribution in [3.05, 3.63) is 65.6 Å². The van der Waals surface area contributed by atoms with E-state index in [4.69, 9.17) is 0 Å². The predicted octanol–water partition coefficient (Wildman–Crippen LogP) is 2.84. The minimum Gasteiger partial charge on any atom is -0.355 e. The summed E-state index contributed by atoms with van der Waals surface area (Å²) in [4.78, 5) is 15.7. The van der Waals surface area contributed by atoms with Gasteiger partial charge in [-0.2, -0.15) is 0 Å². The van der Waals surface area contributed by atoms with Crippen LogP contribution in [-0.2, 0) is 10.0 Å². The van der Waals surface area contributed by atoms with Crippen LogP contribution >= 0.6 is 0 Å². The monoisotopic (exact) mass is 373 g/mol. The molecule has 0 aliphatic carbocycles. The summed E-state index contributed by atoms with van der Waals surface area (Å²) < 4.78 is 42.1. The van der Waals surface area contributed by atoms with Crippen LogP contribution in [0.3, 0.4) is 0 Å². The van der Waals surface area contributed by atoms with E-state index in [0.29, 0.717) is 11.1 Å². The van der Waals surface area contributed by atoms with Gasteiger partial charge in [0.2, 0.25) is 0 Å². The maximum atomic E-state index is 13.9. The van der Waals surface area contributed by atoms with Crippen LogP contribution < -0.4 is 10.0 Å². The Labute approximate surface area is 150 Å². The number of nitrogens with one attached hydrogen (secondary N) is 2. The summed E-state index contributed by atoms with van der Waals surface area (Å²) in [5.74, 6) is -0.919. The predicted molar refractivity (Wildman–Crippen MR) is 97.1 cm³/mol. The molecule has 2 aromatic carbocycles. The largest absolute Gasteiger partial charge is 0.355 e. The molecule has 26 heavy (non-hydrogen) atoms. The summed E-state index contributed by atoms with van der Waals surface area (Å²) in [6, 6.07) is 10.0. The topological polar surface area (TPSA) is 88.2 Å². The van der Waals surface area contributed by atoms with Crippen molar-refractivity contribution in [2.24, 2.45) is 0 Å². The normalized spacial score (nSPS) is 11.3. The first kappa shape index (κ1) is 17.8. The maximum absolute atomic E-state index is 13.9. The number of nitrogens with zero attached hydrogens (tertiary/aromatic N) is 1. The molecule has 134 valence electrons. The lowest BCUT2D eigenvalue weighted by atomic mass is 10.1.